The topological polar surface area (TPSA) is 74.7 Å². The number of benzene rings is 1. The Labute approximate surface area is 127 Å². The van der Waals surface area contributed by atoms with E-state index >= 15 is 0 Å². The Kier molecular flexibility index (Phi) is 4.34. The van der Waals surface area contributed by atoms with Gasteiger partial charge in [0.25, 0.3) is 10.0 Å². The molecule has 0 aliphatic rings. The van der Waals surface area contributed by atoms with Gasteiger partial charge in [0.2, 0.25) is 0 Å². The lowest BCUT2D eigenvalue weighted by Gasteiger charge is -2.22. The first-order chi connectivity index (χ1) is 9.86. The van der Waals surface area contributed by atoms with Gasteiger partial charge in [0.05, 0.1) is 10.6 Å². The Hall–Kier alpha value is -1.86. The van der Waals surface area contributed by atoms with Crippen molar-refractivity contribution in [3.8, 4) is 0 Å². The van der Waals surface area contributed by atoms with Crippen LogP contribution in [-0.2, 0) is 10.0 Å². The molecule has 112 valence electrons. The summed E-state index contributed by atoms with van der Waals surface area (Å²) in [6, 6.07) is 8.34. The average Bonchev–Trinajstić information content (AvgIpc) is 2.92. The van der Waals surface area contributed by atoms with Crippen LogP contribution in [0, 0.1) is 6.92 Å². The van der Waals surface area contributed by atoms with Crippen LogP contribution in [0.4, 0.5) is 5.69 Å². The highest BCUT2D eigenvalue weighted by atomic mass is 32.2. The molecule has 0 aliphatic carbocycles. The van der Waals surface area contributed by atoms with Crippen LogP contribution in [0.25, 0.3) is 0 Å². The van der Waals surface area contributed by atoms with Crippen molar-refractivity contribution in [2.45, 2.75) is 18.7 Å². The number of hydrogen-bond donors (Lipinski definition) is 1. The molecule has 5 nitrogen and oxygen atoms in total. The standard InChI is InChI=1S/C14H15NO4S2/c1-3-15(11-6-4-10(2)5-7-11)21(18,19)12-8-13(14(16)17)20-9-12/h4-9H,3H2,1-2H3,(H,16,17). The van der Waals surface area contributed by atoms with E-state index in [1.54, 1.807) is 19.1 Å². The predicted molar refractivity (Wildman–Crippen MR) is 82.7 cm³/mol. The van der Waals surface area contributed by atoms with E-state index in [0.29, 0.717) is 5.69 Å². The van der Waals surface area contributed by atoms with E-state index in [9.17, 15) is 13.2 Å². The quantitative estimate of drug-likeness (QED) is 0.917. The highest BCUT2D eigenvalue weighted by Crippen LogP contribution is 2.27. The SMILES string of the molecule is CCN(c1ccc(C)cc1)S(=O)(=O)c1csc(C(=O)O)c1. The molecule has 2 aromatic rings. The summed E-state index contributed by atoms with van der Waals surface area (Å²) in [5.41, 5.74) is 1.60. The first kappa shape index (κ1) is 15.5. The Balaban J connectivity index is 2.43. The van der Waals surface area contributed by atoms with Crippen molar-refractivity contribution in [2.75, 3.05) is 10.8 Å². The van der Waals surface area contributed by atoms with E-state index in [0.717, 1.165) is 16.9 Å². The summed E-state index contributed by atoms with van der Waals surface area (Å²) in [5, 5.41) is 10.3. The molecule has 0 saturated carbocycles. The monoisotopic (exact) mass is 325 g/mol. The number of thiophene rings is 1. The second-order valence-corrected chi connectivity index (χ2v) is 7.23. The third-order valence-electron chi connectivity index (χ3n) is 2.98. The van der Waals surface area contributed by atoms with Crippen LogP contribution in [0.2, 0.25) is 0 Å². The van der Waals surface area contributed by atoms with Crippen LogP contribution in [0.5, 0.6) is 0 Å². The molecule has 1 aromatic carbocycles. The van der Waals surface area contributed by atoms with Gasteiger partial charge in [-0.2, -0.15) is 0 Å². The van der Waals surface area contributed by atoms with Crippen molar-refractivity contribution in [1.29, 1.82) is 0 Å². The molecule has 0 radical (unpaired) electrons. The second-order valence-electron chi connectivity index (χ2n) is 4.46. The second kappa shape index (κ2) is 5.87. The molecule has 0 unspecified atom stereocenters. The van der Waals surface area contributed by atoms with E-state index in [-0.39, 0.29) is 16.3 Å². The van der Waals surface area contributed by atoms with E-state index < -0.39 is 16.0 Å². The lowest BCUT2D eigenvalue weighted by molar-refractivity contribution is 0.0702. The highest BCUT2D eigenvalue weighted by Gasteiger charge is 2.25. The van der Waals surface area contributed by atoms with Crippen LogP contribution in [0.3, 0.4) is 0 Å². The summed E-state index contributed by atoms with van der Waals surface area (Å²) in [6.45, 7) is 3.93. The minimum atomic E-state index is -3.75. The van der Waals surface area contributed by atoms with Crippen LogP contribution in [-0.4, -0.2) is 26.0 Å². The average molecular weight is 325 g/mol. The molecular weight excluding hydrogens is 310 g/mol. The van der Waals surface area contributed by atoms with Gasteiger partial charge in [0.1, 0.15) is 4.88 Å². The van der Waals surface area contributed by atoms with Crippen molar-refractivity contribution < 1.29 is 18.3 Å². The third kappa shape index (κ3) is 3.08. The third-order valence-corrected chi connectivity index (χ3v) is 5.93. The fraction of sp³-hybridized carbons (Fsp3) is 0.214. The first-order valence-corrected chi connectivity index (χ1v) is 8.59. The zero-order valence-electron chi connectivity index (χ0n) is 11.6. The zero-order valence-corrected chi connectivity index (χ0v) is 13.2. The number of aromatic carboxylic acids is 1. The molecule has 0 aliphatic heterocycles. The van der Waals surface area contributed by atoms with Crippen LogP contribution in [0.15, 0.2) is 40.6 Å². The summed E-state index contributed by atoms with van der Waals surface area (Å²) in [5.74, 6) is -1.13. The van der Waals surface area contributed by atoms with Crippen molar-refractivity contribution in [3.05, 3.63) is 46.2 Å². The van der Waals surface area contributed by atoms with Gasteiger partial charge in [-0.25, -0.2) is 13.2 Å². The lowest BCUT2D eigenvalue weighted by atomic mass is 10.2. The minimum Gasteiger partial charge on any atom is -0.477 e. The molecule has 7 heteroatoms. The molecule has 0 spiro atoms. The predicted octanol–water partition coefficient (Wildman–Crippen LogP) is 2.97. The van der Waals surface area contributed by atoms with E-state index in [1.807, 2.05) is 19.1 Å². The molecule has 1 heterocycles. The van der Waals surface area contributed by atoms with Crippen molar-refractivity contribution >= 4 is 33.0 Å². The Morgan fingerprint density at radius 2 is 1.90 bits per heavy atom. The number of carbonyl (C=O) groups is 1. The summed E-state index contributed by atoms with van der Waals surface area (Å²) in [7, 11) is -3.75. The molecule has 0 amide bonds. The van der Waals surface area contributed by atoms with E-state index in [2.05, 4.69) is 0 Å². The number of carboxylic acid groups (broad SMARTS) is 1. The summed E-state index contributed by atoms with van der Waals surface area (Å²) in [6.07, 6.45) is 0. The molecular formula is C14H15NO4S2. The fourth-order valence-electron chi connectivity index (χ4n) is 1.90. The zero-order chi connectivity index (χ0) is 15.6. The molecule has 1 N–H and O–H groups in total. The molecule has 1 aromatic heterocycles. The Morgan fingerprint density at radius 1 is 1.29 bits per heavy atom. The smallest absolute Gasteiger partial charge is 0.345 e. The number of sulfonamides is 1. The van der Waals surface area contributed by atoms with Gasteiger partial charge < -0.3 is 5.11 Å². The number of nitrogens with zero attached hydrogens (tertiary/aromatic N) is 1. The van der Waals surface area contributed by atoms with Crippen LogP contribution >= 0.6 is 11.3 Å². The van der Waals surface area contributed by atoms with Crippen molar-refractivity contribution in [1.82, 2.24) is 0 Å². The Bertz CT molecular complexity index is 748. The number of hydrogen-bond acceptors (Lipinski definition) is 4. The lowest BCUT2D eigenvalue weighted by Crippen LogP contribution is -2.30. The summed E-state index contributed by atoms with van der Waals surface area (Å²) >= 11 is 0.905. The largest absolute Gasteiger partial charge is 0.477 e. The Morgan fingerprint density at radius 3 is 2.38 bits per heavy atom. The molecule has 2 rings (SSSR count). The number of carboxylic acids is 1. The van der Waals surface area contributed by atoms with Crippen LogP contribution < -0.4 is 4.31 Å². The fourth-order valence-corrected chi connectivity index (χ4v) is 4.47. The number of aryl methyl sites for hydroxylation is 1. The maximum absolute atomic E-state index is 12.6. The van der Waals surface area contributed by atoms with Gasteiger partial charge in [-0.3, -0.25) is 4.31 Å². The highest BCUT2D eigenvalue weighted by molar-refractivity contribution is 7.93. The maximum Gasteiger partial charge on any atom is 0.345 e. The van der Waals surface area contributed by atoms with Crippen molar-refractivity contribution in [3.63, 3.8) is 0 Å². The van der Waals surface area contributed by atoms with Gasteiger partial charge in [0.15, 0.2) is 0 Å². The maximum atomic E-state index is 12.6. The molecule has 21 heavy (non-hydrogen) atoms. The van der Waals surface area contributed by atoms with Gasteiger partial charge in [0, 0.05) is 11.9 Å². The summed E-state index contributed by atoms with van der Waals surface area (Å²) in [4.78, 5) is 10.9. The molecule has 0 bridgehead atoms. The number of anilines is 1. The molecule has 0 saturated heterocycles. The van der Waals surface area contributed by atoms with Crippen molar-refractivity contribution in [2.24, 2.45) is 0 Å². The molecule has 0 fully saturated rings. The van der Waals surface area contributed by atoms with Gasteiger partial charge >= 0.3 is 5.97 Å². The van der Waals surface area contributed by atoms with Gasteiger partial charge in [-0.05, 0) is 32.0 Å². The van der Waals surface area contributed by atoms with Gasteiger partial charge in [-0.1, -0.05) is 17.7 Å². The first-order valence-electron chi connectivity index (χ1n) is 6.27. The summed E-state index contributed by atoms with van der Waals surface area (Å²) < 4.78 is 26.5. The van der Waals surface area contributed by atoms with Crippen LogP contribution in [0.1, 0.15) is 22.2 Å². The molecule has 0 atom stereocenters. The van der Waals surface area contributed by atoms with E-state index in [4.69, 9.17) is 5.11 Å². The normalized spacial score (nSPS) is 11.3. The minimum absolute atomic E-state index is 0.00678. The van der Waals surface area contributed by atoms with Gasteiger partial charge in [-0.15, -0.1) is 11.3 Å². The number of rotatable bonds is 5. The van der Waals surface area contributed by atoms with E-state index in [1.165, 1.54) is 15.8 Å².